The van der Waals surface area contributed by atoms with E-state index in [1.165, 1.54) is 19.2 Å². The zero-order valence-electron chi connectivity index (χ0n) is 22.3. The molecular weight excluding hydrogens is 495 g/mol. The fourth-order valence-corrected chi connectivity index (χ4v) is 4.94. The first kappa shape index (κ1) is 27.9. The van der Waals surface area contributed by atoms with Crippen LogP contribution in [0.2, 0.25) is 0 Å². The summed E-state index contributed by atoms with van der Waals surface area (Å²) in [5.41, 5.74) is 4.42. The lowest BCUT2D eigenvalue weighted by Crippen LogP contribution is -2.26. The number of amides is 1. The standard InChI is InChI=1S/C32H35FN2O4/c1-39-31(38)12-8-3-2-4-9-19-34-30(37)21-28-27-20-26(36)17-18-29(27)35(22-23-10-6-5-7-11-23)32(28)24-13-15-25(33)16-14-24/h5-7,10-11,13-18,20,36H,2-4,8-9,12,19,21-22H2,1H3,(H,34,37). The number of nitrogens with one attached hydrogen (secondary N) is 1. The van der Waals surface area contributed by atoms with Crippen LogP contribution in [0.25, 0.3) is 22.2 Å². The fraction of sp³-hybridized carbons (Fsp3) is 0.312. The van der Waals surface area contributed by atoms with Gasteiger partial charge in [0.05, 0.1) is 19.2 Å². The van der Waals surface area contributed by atoms with Gasteiger partial charge in [-0.15, -0.1) is 0 Å². The Labute approximate surface area is 228 Å². The molecule has 4 rings (SSSR count). The molecular formula is C32H35FN2O4. The molecule has 0 spiro atoms. The van der Waals surface area contributed by atoms with Gasteiger partial charge in [0.15, 0.2) is 0 Å². The van der Waals surface area contributed by atoms with Gasteiger partial charge in [-0.05, 0) is 72.0 Å². The Bertz CT molecular complexity index is 1400. The quantitative estimate of drug-likeness (QED) is 0.155. The Morgan fingerprint density at radius 3 is 2.38 bits per heavy atom. The van der Waals surface area contributed by atoms with Gasteiger partial charge in [0, 0.05) is 30.4 Å². The van der Waals surface area contributed by atoms with Crippen LogP contribution in [0.3, 0.4) is 0 Å². The summed E-state index contributed by atoms with van der Waals surface area (Å²) in [5, 5.41) is 14.1. The summed E-state index contributed by atoms with van der Waals surface area (Å²) >= 11 is 0. The van der Waals surface area contributed by atoms with Crippen molar-refractivity contribution in [2.75, 3.05) is 13.7 Å². The summed E-state index contributed by atoms with van der Waals surface area (Å²) < 4.78 is 20.6. The molecule has 7 heteroatoms. The molecule has 0 saturated heterocycles. The van der Waals surface area contributed by atoms with Gasteiger partial charge < -0.3 is 19.7 Å². The molecule has 204 valence electrons. The van der Waals surface area contributed by atoms with Gasteiger partial charge in [-0.3, -0.25) is 9.59 Å². The van der Waals surface area contributed by atoms with Crippen molar-refractivity contribution in [1.82, 2.24) is 9.88 Å². The zero-order chi connectivity index (χ0) is 27.6. The molecule has 0 unspecified atom stereocenters. The maximum absolute atomic E-state index is 13.8. The number of carbonyl (C=O) groups excluding carboxylic acids is 2. The number of halogens is 1. The normalized spacial score (nSPS) is 11.0. The van der Waals surface area contributed by atoms with Crippen LogP contribution in [0.15, 0.2) is 72.8 Å². The Balaban J connectivity index is 1.53. The Hall–Kier alpha value is -4.13. The van der Waals surface area contributed by atoms with Gasteiger partial charge in [0.1, 0.15) is 11.6 Å². The van der Waals surface area contributed by atoms with Crippen LogP contribution in [-0.2, 0) is 27.3 Å². The van der Waals surface area contributed by atoms with Crippen molar-refractivity contribution in [3.8, 4) is 17.0 Å². The molecule has 3 aromatic carbocycles. The predicted octanol–water partition coefficient (Wildman–Crippen LogP) is 6.37. The number of aromatic hydroxyl groups is 1. The molecule has 4 aromatic rings. The first-order valence-corrected chi connectivity index (χ1v) is 13.4. The molecule has 6 nitrogen and oxygen atoms in total. The minimum absolute atomic E-state index is 0.105. The Morgan fingerprint density at radius 1 is 0.923 bits per heavy atom. The lowest BCUT2D eigenvalue weighted by Gasteiger charge is -2.13. The third kappa shape index (κ3) is 7.47. The second-order valence-corrected chi connectivity index (χ2v) is 9.73. The summed E-state index contributed by atoms with van der Waals surface area (Å²) in [6, 6.07) is 21.5. The van der Waals surface area contributed by atoms with E-state index in [2.05, 4.69) is 14.6 Å². The number of ether oxygens (including phenoxy) is 1. The van der Waals surface area contributed by atoms with E-state index in [0.29, 0.717) is 19.5 Å². The van der Waals surface area contributed by atoms with Crippen LogP contribution in [0, 0.1) is 5.82 Å². The van der Waals surface area contributed by atoms with E-state index in [1.807, 2.05) is 36.4 Å². The van der Waals surface area contributed by atoms with Gasteiger partial charge in [0.25, 0.3) is 0 Å². The molecule has 1 heterocycles. The van der Waals surface area contributed by atoms with Crippen LogP contribution in [0.5, 0.6) is 5.75 Å². The molecule has 1 aromatic heterocycles. The number of esters is 1. The van der Waals surface area contributed by atoms with Crippen molar-refractivity contribution in [1.29, 1.82) is 0 Å². The first-order chi connectivity index (χ1) is 19.0. The van der Waals surface area contributed by atoms with Crippen LogP contribution in [0.1, 0.15) is 49.7 Å². The second kappa shape index (κ2) is 13.6. The number of phenolic OH excluding ortho intramolecular Hbond substituents is 1. The van der Waals surface area contributed by atoms with Crippen molar-refractivity contribution < 1.29 is 23.8 Å². The SMILES string of the molecule is COC(=O)CCCCCCCNC(=O)Cc1c(-c2ccc(F)cc2)n(Cc2ccccc2)c2ccc(O)cc12. The number of phenols is 1. The topological polar surface area (TPSA) is 80.6 Å². The van der Waals surface area contributed by atoms with E-state index < -0.39 is 0 Å². The molecule has 0 radical (unpaired) electrons. The van der Waals surface area contributed by atoms with E-state index in [4.69, 9.17) is 0 Å². The fourth-order valence-electron chi connectivity index (χ4n) is 4.94. The van der Waals surface area contributed by atoms with E-state index in [-0.39, 0.29) is 29.9 Å². The zero-order valence-corrected chi connectivity index (χ0v) is 22.3. The van der Waals surface area contributed by atoms with Crippen molar-refractivity contribution in [2.24, 2.45) is 0 Å². The highest BCUT2D eigenvalue weighted by Gasteiger charge is 2.21. The number of hydrogen-bond donors (Lipinski definition) is 2. The molecule has 0 saturated carbocycles. The average molecular weight is 531 g/mol. The molecule has 2 N–H and O–H groups in total. The summed E-state index contributed by atoms with van der Waals surface area (Å²) in [7, 11) is 1.40. The van der Waals surface area contributed by atoms with Gasteiger partial charge in [-0.25, -0.2) is 4.39 Å². The van der Waals surface area contributed by atoms with Crippen molar-refractivity contribution in [3.63, 3.8) is 0 Å². The molecule has 0 atom stereocenters. The molecule has 0 bridgehead atoms. The average Bonchev–Trinajstić information content (AvgIpc) is 3.22. The number of fused-ring (bicyclic) bond motifs is 1. The van der Waals surface area contributed by atoms with Gasteiger partial charge in [-0.1, -0.05) is 49.6 Å². The Morgan fingerprint density at radius 2 is 1.64 bits per heavy atom. The molecule has 39 heavy (non-hydrogen) atoms. The smallest absolute Gasteiger partial charge is 0.305 e. The number of nitrogens with zero attached hydrogens (tertiary/aromatic N) is 1. The maximum atomic E-state index is 13.8. The number of rotatable bonds is 13. The van der Waals surface area contributed by atoms with Crippen molar-refractivity contribution in [2.45, 2.75) is 51.5 Å². The number of carbonyl (C=O) groups is 2. The summed E-state index contributed by atoms with van der Waals surface area (Å²) in [5.74, 6) is -0.488. The highest BCUT2D eigenvalue weighted by atomic mass is 19.1. The predicted molar refractivity (Wildman–Crippen MR) is 151 cm³/mol. The number of methoxy groups -OCH3 is 1. The lowest BCUT2D eigenvalue weighted by molar-refractivity contribution is -0.140. The minimum atomic E-state index is -0.327. The maximum Gasteiger partial charge on any atom is 0.305 e. The van der Waals surface area contributed by atoms with Gasteiger partial charge in [0.2, 0.25) is 5.91 Å². The Kier molecular flexibility index (Phi) is 9.73. The molecule has 1 amide bonds. The highest BCUT2D eigenvalue weighted by Crippen LogP contribution is 2.36. The molecule has 0 fully saturated rings. The van der Waals surface area contributed by atoms with Crippen LogP contribution < -0.4 is 5.32 Å². The molecule has 0 aliphatic carbocycles. The number of unbranched alkanes of at least 4 members (excludes halogenated alkanes) is 4. The van der Waals surface area contributed by atoms with E-state index in [0.717, 1.165) is 65.4 Å². The van der Waals surface area contributed by atoms with Gasteiger partial charge >= 0.3 is 5.97 Å². The highest BCUT2D eigenvalue weighted by molar-refractivity contribution is 5.96. The molecule has 0 aliphatic rings. The van der Waals surface area contributed by atoms with E-state index in [9.17, 15) is 19.1 Å². The first-order valence-electron chi connectivity index (χ1n) is 13.4. The third-order valence-corrected chi connectivity index (χ3v) is 6.90. The summed E-state index contributed by atoms with van der Waals surface area (Å²) in [6.07, 6.45) is 5.15. The third-order valence-electron chi connectivity index (χ3n) is 6.90. The van der Waals surface area contributed by atoms with Crippen molar-refractivity contribution in [3.05, 3.63) is 89.7 Å². The van der Waals surface area contributed by atoms with Gasteiger partial charge in [-0.2, -0.15) is 0 Å². The number of hydrogen-bond acceptors (Lipinski definition) is 4. The summed E-state index contributed by atoms with van der Waals surface area (Å²) in [4.78, 5) is 24.3. The lowest BCUT2D eigenvalue weighted by atomic mass is 10.0. The number of benzene rings is 3. The van der Waals surface area contributed by atoms with E-state index >= 15 is 0 Å². The van der Waals surface area contributed by atoms with Crippen LogP contribution in [0.4, 0.5) is 4.39 Å². The van der Waals surface area contributed by atoms with Crippen molar-refractivity contribution >= 4 is 22.8 Å². The number of aromatic nitrogens is 1. The molecule has 0 aliphatic heterocycles. The largest absolute Gasteiger partial charge is 0.508 e. The van der Waals surface area contributed by atoms with Crippen LogP contribution in [-0.4, -0.2) is 35.2 Å². The van der Waals surface area contributed by atoms with Crippen LogP contribution >= 0.6 is 0 Å². The second-order valence-electron chi connectivity index (χ2n) is 9.73. The minimum Gasteiger partial charge on any atom is -0.508 e. The monoisotopic (exact) mass is 530 g/mol. The van der Waals surface area contributed by atoms with E-state index in [1.54, 1.807) is 24.3 Å². The summed E-state index contributed by atoms with van der Waals surface area (Å²) in [6.45, 7) is 1.13.